The van der Waals surface area contributed by atoms with E-state index in [4.69, 9.17) is 0 Å². The predicted molar refractivity (Wildman–Crippen MR) is 90.5 cm³/mol. The average Bonchev–Trinajstić information content (AvgIpc) is 2.54. The standard InChI is InChI=1S/C20H15NO2/c22-19-12-17-11-14(6-8-18(17)20(23)21-19)9-13-5-7-15-3-1-2-4-16(15)10-13/h1-5,7-11H,6,12H2,(H,21,22,23). The van der Waals surface area contributed by atoms with Gasteiger partial charge in [-0.25, -0.2) is 0 Å². The number of nitrogens with one attached hydrogen (secondary N) is 1. The quantitative estimate of drug-likeness (QED) is 0.819. The number of piperidine rings is 1. The smallest absolute Gasteiger partial charge is 0.257 e. The molecular weight excluding hydrogens is 286 g/mol. The van der Waals surface area contributed by atoms with Gasteiger partial charge in [-0.3, -0.25) is 14.9 Å². The van der Waals surface area contributed by atoms with E-state index in [9.17, 15) is 9.59 Å². The lowest BCUT2D eigenvalue weighted by Crippen LogP contribution is -2.37. The normalized spacial score (nSPS) is 19.2. The van der Waals surface area contributed by atoms with Gasteiger partial charge in [0.1, 0.15) is 0 Å². The number of carbonyl (C=O) groups is 2. The fourth-order valence-electron chi connectivity index (χ4n) is 3.12. The van der Waals surface area contributed by atoms with Crippen molar-refractivity contribution in [1.82, 2.24) is 5.32 Å². The van der Waals surface area contributed by atoms with Crippen LogP contribution in [0.3, 0.4) is 0 Å². The maximum absolute atomic E-state index is 11.8. The van der Waals surface area contributed by atoms with Crippen LogP contribution in [-0.4, -0.2) is 11.8 Å². The molecule has 1 saturated heterocycles. The number of allylic oxidation sites excluding steroid dienone is 3. The first-order valence-electron chi connectivity index (χ1n) is 7.64. The van der Waals surface area contributed by atoms with Crippen LogP contribution in [0.1, 0.15) is 18.4 Å². The summed E-state index contributed by atoms with van der Waals surface area (Å²) >= 11 is 0. The zero-order chi connectivity index (χ0) is 15.8. The van der Waals surface area contributed by atoms with Crippen LogP contribution in [0.15, 0.2) is 71.3 Å². The highest BCUT2D eigenvalue weighted by Gasteiger charge is 2.26. The highest BCUT2D eigenvalue weighted by molar-refractivity contribution is 6.12. The number of hydrogen-bond donors (Lipinski definition) is 1. The molecule has 2 aromatic carbocycles. The molecule has 2 aliphatic rings. The summed E-state index contributed by atoms with van der Waals surface area (Å²) in [4.78, 5) is 23.3. The minimum Gasteiger partial charge on any atom is -0.292 e. The second-order valence-corrected chi connectivity index (χ2v) is 5.87. The number of rotatable bonds is 1. The molecule has 0 unspecified atom stereocenters. The molecule has 0 bridgehead atoms. The van der Waals surface area contributed by atoms with Crippen LogP contribution in [0.5, 0.6) is 0 Å². The Morgan fingerprint density at radius 3 is 2.70 bits per heavy atom. The summed E-state index contributed by atoms with van der Waals surface area (Å²) in [5.41, 5.74) is 3.69. The van der Waals surface area contributed by atoms with Gasteiger partial charge in [-0.15, -0.1) is 0 Å². The van der Waals surface area contributed by atoms with Crippen LogP contribution in [0.2, 0.25) is 0 Å². The topological polar surface area (TPSA) is 46.2 Å². The third-order valence-corrected chi connectivity index (χ3v) is 4.22. The van der Waals surface area contributed by atoms with Gasteiger partial charge in [0.2, 0.25) is 5.91 Å². The Bertz CT molecular complexity index is 932. The Morgan fingerprint density at radius 2 is 1.83 bits per heavy atom. The molecule has 2 aromatic rings. The van der Waals surface area contributed by atoms with E-state index in [-0.39, 0.29) is 18.2 Å². The minimum atomic E-state index is -0.280. The third kappa shape index (κ3) is 2.61. The summed E-state index contributed by atoms with van der Waals surface area (Å²) in [6, 6.07) is 14.6. The monoisotopic (exact) mass is 301 g/mol. The van der Waals surface area contributed by atoms with Crippen LogP contribution < -0.4 is 5.32 Å². The molecule has 23 heavy (non-hydrogen) atoms. The molecule has 0 aromatic heterocycles. The number of fused-ring (bicyclic) bond motifs is 2. The highest BCUT2D eigenvalue weighted by atomic mass is 16.2. The molecule has 1 aliphatic heterocycles. The van der Waals surface area contributed by atoms with Crippen molar-refractivity contribution in [3.63, 3.8) is 0 Å². The largest absolute Gasteiger partial charge is 0.292 e. The summed E-state index contributed by atoms with van der Waals surface area (Å²) in [7, 11) is 0. The number of hydrogen-bond acceptors (Lipinski definition) is 2. The van der Waals surface area contributed by atoms with Crippen molar-refractivity contribution in [3.8, 4) is 0 Å². The van der Waals surface area contributed by atoms with Crippen LogP contribution >= 0.6 is 0 Å². The molecule has 0 spiro atoms. The van der Waals surface area contributed by atoms with E-state index in [2.05, 4.69) is 41.7 Å². The average molecular weight is 301 g/mol. The summed E-state index contributed by atoms with van der Waals surface area (Å²) in [5, 5.41) is 4.78. The zero-order valence-corrected chi connectivity index (χ0v) is 12.5. The first-order valence-corrected chi connectivity index (χ1v) is 7.64. The molecule has 3 heteroatoms. The maximum Gasteiger partial charge on any atom is 0.257 e. The van der Waals surface area contributed by atoms with Gasteiger partial charge in [-0.1, -0.05) is 54.6 Å². The van der Waals surface area contributed by atoms with Gasteiger partial charge in [0.25, 0.3) is 5.91 Å². The Kier molecular flexibility index (Phi) is 3.19. The summed E-state index contributed by atoms with van der Waals surface area (Å²) < 4.78 is 0. The number of carbonyl (C=O) groups excluding carboxylic acids is 2. The molecule has 2 amide bonds. The fraction of sp³-hybridized carbons (Fsp3) is 0.100. The molecule has 0 atom stereocenters. The minimum absolute atomic E-state index is 0.231. The SMILES string of the molecule is O=C1CC2=CC(=Cc3ccc4ccccc4c3)CC=C2C(=O)N1. The van der Waals surface area contributed by atoms with Crippen LogP contribution in [0.25, 0.3) is 16.8 Å². The van der Waals surface area contributed by atoms with Crippen LogP contribution in [0, 0.1) is 0 Å². The Hall–Kier alpha value is -2.94. The highest BCUT2D eigenvalue weighted by Crippen LogP contribution is 2.29. The Morgan fingerprint density at radius 1 is 1.00 bits per heavy atom. The summed E-state index contributed by atoms with van der Waals surface area (Å²) in [6.45, 7) is 0. The lowest BCUT2D eigenvalue weighted by atomic mass is 9.88. The van der Waals surface area contributed by atoms with Crippen LogP contribution in [-0.2, 0) is 9.59 Å². The van der Waals surface area contributed by atoms with Crippen molar-refractivity contribution in [1.29, 1.82) is 0 Å². The van der Waals surface area contributed by atoms with Crippen molar-refractivity contribution in [2.75, 3.05) is 0 Å². The zero-order valence-electron chi connectivity index (χ0n) is 12.5. The van der Waals surface area contributed by atoms with Gasteiger partial charge >= 0.3 is 0 Å². The van der Waals surface area contributed by atoms with Crippen LogP contribution in [0.4, 0.5) is 0 Å². The maximum atomic E-state index is 11.8. The molecule has 0 saturated carbocycles. The molecular formula is C20H15NO2. The van der Waals surface area contributed by atoms with Gasteiger partial charge in [-0.05, 0) is 40.0 Å². The molecule has 1 heterocycles. The first kappa shape index (κ1) is 13.7. The molecule has 0 radical (unpaired) electrons. The van der Waals surface area contributed by atoms with E-state index in [1.54, 1.807) is 0 Å². The van der Waals surface area contributed by atoms with E-state index >= 15 is 0 Å². The van der Waals surface area contributed by atoms with E-state index in [1.807, 2.05) is 24.3 Å². The van der Waals surface area contributed by atoms with Gasteiger partial charge in [0.05, 0.1) is 6.42 Å². The molecule has 1 aliphatic carbocycles. The number of imide groups is 1. The second kappa shape index (κ2) is 5.36. The van der Waals surface area contributed by atoms with Crippen molar-refractivity contribution < 1.29 is 9.59 Å². The summed E-state index contributed by atoms with van der Waals surface area (Å²) in [5.74, 6) is -0.511. The van der Waals surface area contributed by atoms with Crippen molar-refractivity contribution in [3.05, 3.63) is 76.9 Å². The number of benzene rings is 2. The van der Waals surface area contributed by atoms with E-state index in [0.717, 1.165) is 16.7 Å². The first-order chi connectivity index (χ1) is 11.2. The van der Waals surface area contributed by atoms with Gasteiger partial charge < -0.3 is 0 Å². The van der Waals surface area contributed by atoms with Gasteiger partial charge in [0.15, 0.2) is 0 Å². The van der Waals surface area contributed by atoms with E-state index in [1.165, 1.54) is 10.8 Å². The summed E-state index contributed by atoms with van der Waals surface area (Å²) in [6.07, 6.45) is 6.97. The van der Waals surface area contributed by atoms with Crippen molar-refractivity contribution >= 4 is 28.7 Å². The molecule has 112 valence electrons. The number of amides is 2. The van der Waals surface area contributed by atoms with Crippen molar-refractivity contribution in [2.45, 2.75) is 12.8 Å². The lowest BCUT2D eigenvalue weighted by molar-refractivity contribution is -0.129. The van der Waals surface area contributed by atoms with Gasteiger partial charge in [-0.2, -0.15) is 0 Å². The molecule has 1 N–H and O–H groups in total. The van der Waals surface area contributed by atoms with E-state index in [0.29, 0.717) is 12.0 Å². The van der Waals surface area contributed by atoms with E-state index < -0.39 is 0 Å². The Labute approximate surface area is 134 Å². The lowest BCUT2D eigenvalue weighted by Gasteiger charge is -2.21. The fourth-order valence-corrected chi connectivity index (χ4v) is 3.12. The molecule has 3 nitrogen and oxygen atoms in total. The predicted octanol–water partition coefficient (Wildman–Crippen LogP) is 3.53. The van der Waals surface area contributed by atoms with Gasteiger partial charge in [0, 0.05) is 5.57 Å². The van der Waals surface area contributed by atoms with Crippen molar-refractivity contribution in [2.24, 2.45) is 0 Å². The second-order valence-electron chi connectivity index (χ2n) is 5.87. The molecule has 4 rings (SSSR count). The third-order valence-electron chi connectivity index (χ3n) is 4.22. The molecule has 1 fully saturated rings. The Balaban J connectivity index is 1.69.